The van der Waals surface area contributed by atoms with Crippen LogP contribution in [0.3, 0.4) is 0 Å². The van der Waals surface area contributed by atoms with E-state index in [0.717, 1.165) is 32.5 Å². The predicted octanol–water partition coefficient (Wildman–Crippen LogP) is 2.91. The number of morpholine rings is 1. The van der Waals surface area contributed by atoms with E-state index >= 15 is 0 Å². The van der Waals surface area contributed by atoms with Crippen molar-refractivity contribution >= 4 is 23.2 Å². The molecule has 0 amide bonds. The molecular weight excluding hydrogens is 325 g/mol. The van der Waals surface area contributed by atoms with Crippen molar-refractivity contribution in [3.05, 3.63) is 33.8 Å². The van der Waals surface area contributed by atoms with Crippen LogP contribution < -0.4 is 0 Å². The summed E-state index contributed by atoms with van der Waals surface area (Å²) in [4.78, 5) is 2.21. The third kappa shape index (κ3) is 3.94. The van der Waals surface area contributed by atoms with Crippen LogP contribution in [0.5, 0.6) is 0 Å². The molecule has 3 rings (SSSR count). The first kappa shape index (κ1) is 16.5. The molecule has 4 nitrogen and oxygen atoms in total. The lowest BCUT2D eigenvalue weighted by Crippen LogP contribution is -2.48. The second-order valence-corrected chi connectivity index (χ2v) is 6.75. The largest absolute Gasteiger partial charge is 0.387 e. The second kappa shape index (κ2) is 7.47. The highest BCUT2D eigenvalue weighted by atomic mass is 35.5. The zero-order valence-electron chi connectivity index (χ0n) is 12.4. The van der Waals surface area contributed by atoms with Crippen LogP contribution >= 0.6 is 23.2 Å². The van der Waals surface area contributed by atoms with E-state index < -0.39 is 6.10 Å². The summed E-state index contributed by atoms with van der Waals surface area (Å²) < 4.78 is 11.5. The Morgan fingerprint density at radius 3 is 2.77 bits per heavy atom. The maximum atomic E-state index is 10.5. The lowest BCUT2D eigenvalue weighted by atomic mass is 10.1. The smallest absolute Gasteiger partial charge is 0.0963 e. The Bertz CT molecular complexity index is 508. The highest BCUT2D eigenvalue weighted by Gasteiger charge is 2.31. The van der Waals surface area contributed by atoms with Crippen LogP contribution in [0.1, 0.15) is 24.5 Å². The lowest BCUT2D eigenvalue weighted by Gasteiger charge is -2.36. The summed E-state index contributed by atoms with van der Waals surface area (Å²) in [5, 5.41) is 11.5. The maximum Gasteiger partial charge on any atom is 0.0963 e. The van der Waals surface area contributed by atoms with E-state index in [1.54, 1.807) is 18.2 Å². The standard InChI is InChI=1S/C16H21Cl2NO3/c17-11-3-4-12(13(18)8-11)14(20)9-19-5-7-22-16(10-19)15-2-1-6-21-15/h3-4,8,14-16,20H,1-2,5-7,9-10H2. The van der Waals surface area contributed by atoms with Crippen LogP contribution in [0.25, 0.3) is 0 Å². The molecule has 1 N–H and O–H groups in total. The van der Waals surface area contributed by atoms with E-state index in [2.05, 4.69) is 4.90 Å². The van der Waals surface area contributed by atoms with Gasteiger partial charge < -0.3 is 14.6 Å². The van der Waals surface area contributed by atoms with Crippen molar-refractivity contribution in [3.63, 3.8) is 0 Å². The quantitative estimate of drug-likeness (QED) is 0.910. The van der Waals surface area contributed by atoms with Gasteiger partial charge >= 0.3 is 0 Å². The van der Waals surface area contributed by atoms with Crippen molar-refractivity contribution in [1.82, 2.24) is 4.90 Å². The number of nitrogens with zero attached hydrogens (tertiary/aromatic N) is 1. The fraction of sp³-hybridized carbons (Fsp3) is 0.625. The van der Waals surface area contributed by atoms with E-state index in [0.29, 0.717) is 28.8 Å². The lowest BCUT2D eigenvalue weighted by molar-refractivity contribution is -0.0996. The van der Waals surface area contributed by atoms with Crippen molar-refractivity contribution in [1.29, 1.82) is 0 Å². The molecule has 2 fully saturated rings. The normalized spacial score (nSPS) is 28.0. The summed E-state index contributed by atoms with van der Waals surface area (Å²) in [5.41, 5.74) is 0.714. The molecule has 3 atom stereocenters. The summed E-state index contributed by atoms with van der Waals surface area (Å²) in [6.07, 6.45) is 1.83. The second-order valence-electron chi connectivity index (χ2n) is 5.90. The van der Waals surface area contributed by atoms with E-state index in [9.17, 15) is 5.11 Å². The van der Waals surface area contributed by atoms with Gasteiger partial charge in [-0.05, 0) is 25.0 Å². The van der Waals surface area contributed by atoms with E-state index in [-0.39, 0.29) is 12.2 Å². The fourth-order valence-corrected chi connectivity index (χ4v) is 3.67. The van der Waals surface area contributed by atoms with Crippen LogP contribution in [0, 0.1) is 0 Å². The number of hydrogen-bond donors (Lipinski definition) is 1. The predicted molar refractivity (Wildman–Crippen MR) is 86.6 cm³/mol. The van der Waals surface area contributed by atoms with Crippen LogP contribution in [0.15, 0.2) is 18.2 Å². The van der Waals surface area contributed by atoms with Crippen LogP contribution in [0.4, 0.5) is 0 Å². The van der Waals surface area contributed by atoms with Crippen molar-refractivity contribution in [2.24, 2.45) is 0 Å². The number of aliphatic hydroxyl groups excluding tert-OH is 1. The number of halogens is 2. The van der Waals surface area contributed by atoms with Crippen LogP contribution in [-0.4, -0.2) is 55.1 Å². The zero-order valence-corrected chi connectivity index (χ0v) is 13.9. The molecule has 0 aliphatic carbocycles. The Balaban J connectivity index is 1.59. The highest BCUT2D eigenvalue weighted by molar-refractivity contribution is 6.35. The fourth-order valence-electron chi connectivity index (χ4n) is 3.13. The molecule has 1 aromatic carbocycles. The molecule has 2 saturated heterocycles. The number of β-amino-alcohol motifs (C(OH)–C–C–N with tert-alkyl or cyclic N) is 1. The Morgan fingerprint density at radius 2 is 2.05 bits per heavy atom. The number of benzene rings is 1. The molecule has 2 aliphatic rings. The molecule has 0 saturated carbocycles. The van der Waals surface area contributed by atoms with Gasteiger partial charge in [-0.3, -0.25) is 4.90 Å². The Hall–Kier alpha value is -0.360. The van der Waals surface area contributed by atoms with E-state index in [4.69, 9.17) is 32.7 Å². The third-order valence-corrected chi connectivity index (χ3v) is 4.87. The topological polar surface area (TPSA) is 41.9 Å². The molecule has 6 heteroatoms. The molecule has 2 heterocycles. The van der Waals surface area contributed by atoms with Crippen molar-refractivity contribution < 1.29 is 14.6 Å². The molecule has 0 bridgehead atoms. The summed E-state index contributed by atoms with van der Waals surface area (Å²) in [7, 11) is 0. The van der Waals surface area contributed by atoms with Gasteiger partial charge in [-0.15, -0.1) is 0 Å². The summed E-state index contributed by atoms with van der Waals surface area (Å²) in [6, 6.07) is 5.20. The number of rotatable bonds is 4. The first-order valence-corrected chi connectivity index (χ1v) is 8.47. The van der Waals surface area contributed by atoms with Gasteiger partial charge in [-0.1, -0.05) is 29.3 Å². The van der Waals surface area contributed by atoms with E-state index in [1.807, 2.05) is 0 Å². The van der Waals surface area contributed by atoms with Gasteiger partial charge in [0.1, 0.15) is 0 Å². The SMILES string of the molecule is OC(CN1CCOC(C2CCCO2)C1)c1ccc(Cl)cc1Cl. The summed E-state index contributed by atoms with van der Waals surface area (Å²) >= 11 is 12.1. The van der Waals surface area contributed by atoms with Gasteiger partial charge in [-0.2, -0.15) is 0 Å². The summed E-state index contributed by atoms with van der Waals surface area (Å²) in [5.74, 6) is 0. The molecule has 0 spiro atoms. The van der Waals surface area contributed by atoms with Gasteiger partial charge in [0.2, 0.25) is 0 Å². The van der Waals surface area contributed by atoms with Crippen molar-refractivity contribution in [2.75, 3.05) is 32.8 Å². The highest BCUT2D eigenvalue weighted by Crippen LogP contribution is 2.28. The van der Waals surface area contributed by atoms with Gasteiger partial charge in [0.05, 0.1) is 24.9 Å². The molecule has 2 aliphatic heterocycles. The average Bonchev–Trinajstić information content (AvgIpc) is 3.01. The molecule has 122 valence electrons. The van der Waals surface area contributed by atoms with Gasteiger partial charge in [0.25, 0.3) is 0 Å². The van der Waals surface area contributed by atoms with Crippen molar-refractivity contribution in [2.45, 2.75) is 31.2 Å². The minimum atomic E-state index is -0.631. The Morgan fingerprint density at radius 1 is 1.23 bits per heavy atom. The number of hydrogen-bond acceptors (Lipinski definition) is 4. The maximum absolute atomic E-state index is 10.5. The van der Waals surface area contributed by atoms with Gasteiger partial charge in [-0.25, -0.2) is 0 Å². The average molecular weight is 346 g/mol. The monoisotopic (exact) mass is 345 g/mol. The van der Waals surface area contributed by atoms with E-state index in [1.165, 1.54) is 0 Å². The first-order valence-electron chi connectivity index (χ1n) is 7.72. The number of ether oxygens (including phenoxy) is 2. The van der Waals surface area contributed by atoms with Crippen LogP contribution in [0.2, 0.25) is 10.0 Å². The zero-order chi connectivity index (χ0) is 15.5. The van der Waals surface area contributed by atoms with Crippen LogP contribution in [-0.2, 0) is 9.47 Å². The van der Waals surface area contributed by atoms with Gasteiger partial charge in [0.15, 0.2) is 0 Å². The molecule has 0 radical (unpaired) electrons. The molecule has 1 aromatic rings. The molecule has 0 aromatic heterocycles. The molecule has 22 heavy (non-hydrogen) atoms. The van der Waals surface area contributed by atoms with Crippen molar-refractivity contribution in [3.8, 4) is 0 Å². The number of aliphatic hydroxyl groups is 1. The minimum Gasteiger partial charge on any atom is -0.387 e. The Labute approximate surface area is 140 Å². The first-order chi connectivity index (χ1) is 10.6. The summed E-state index contributed by atoms with van der Waals surface area (Å²) in [6.45, 7) is 3.63. The van der Waals surface area contributed by atoms with Gasteiger partial charge in [0, 0.05) is 41.8 Å². The Kier molecular flexibility index (Phi) is 5.60. The third-order valence-electron chi connectivity index (χ3n) is 4.31. The molecule has 3 unspecified atom stereocenters. The minimum absolute atomic E-state index is 0.101. The molecular formula is C16H21Cl2NO3.